The number of carboxylic acids is 1. The number of carbonyl (C=O) groups is 1. The Hall–Kier alpha value is -3.19. The van der Waals surface area contributed by atoms with E-state index in [4.69, 9.17) is 10.1 Å². The molecule has 202 valence electrons. The van der Waals surface area contributed by atoms with E-state index < -0.39 is 5.97 Å². The van der Waals surface area contributed by atoms with Gasteiger partial charge in [0, 0.05) is 36.9 Å². The molecule has 0 bridgehead atoms. The van der Waals surface area contributed by atoms with Crippen molar-refractivity contribution in [1.29, 1.82) is 0 Å². The van der Waals surface area contributed by atoms with E-state index in [-0.39, 0.29) is 12.3 Å². The number of fused-ring (bicyclic) bond motifs is 1. The quantitative estimate of drug-likeness (QED) is 0.362. The number of likely N-dealkylation sites (tertiary alicyclic amines) is 1. The molecule has 0 aliphatic carbocycles. The van der Waals surface area contributed by atoms with Gasteiger partial charge in [-0.05, 0) is 92.8 Å². The molecule has 38 heavy (non-hydrogen) atoms. The van der Waals surface area contributed by atoms with Gasteiger partial charge in [-0.2, -0.15) is 5.10 Å². The van der Waals surface area contributed by atoms with E-state index in [1.165, 1.54) is 23.4 Å². The molecule has 1 aromatic carbocycles. The third-order valence-corrected chi connectivity index (χ3v) is 8.17. The number of aromatic nitrogens is 3. The molecule has 2 aromatic heterocycles. The Balaban J connectivity index is 1.23. The van der Waals surface area contributed by atoms with Crippen molar-refractivity contribution < 1.29 is 9.90 Å². The summed E-state index contributed by atoms with van der Waals surface area (Å²) in [5, 5.41) is 18.0. The number of carboxylic acid groups (broad SMARTS) is 1. The third-order valence-electron chi connectivity index (χ3n) is 8.17. The number of nitrogens with one attached hydrogen (secondary N) is 1. The van der Waals surface area contributed by atoms with Crippen LogP contribution in [0.3, 0.4) is 0 Å². The minimum Gasteiger partial charge on any atom is -0.481 e. The molecule has 4 heterocycles. The number of benzene rings is 1. The predicted octanol–water partition coefficient (Wildman–Crippen LogP) is 5.26. The van der Waals surface area contributed by atoms with Crippen molar-refractivity contribution in [1.82, 2.24) is 19.7 Å². The summed E-state index contributed by atoms with van der Waals surface area (Å²) in [6.45, 7) is 8.11. The summed E-state index contributed by atoms with van der Waals surface area (Å²) < 4.78 is 2.02. The first kappa shape index (κ1) is 26.4. The molecule has 5 rings (SSSR count). The number of pyridine rings is 1. The standard InChI is InChI=1S/C31H41N5O2/c1-3-26-19-28(4-2)36(34-26)29-9-5-7-24(17-29)25(18-30(37)38)21-35-16-14-22(20-35)10-12-27-13-11-23-8-6-15-32-31(23)33-27/h5,7,9,11,13,17,19,22,25H,3-4,6,8,10,12,14-16,18,20-21H2,1-2H3,(H,32,33)(H,37,38). The second-order valence-corrected chi connectivity index (χ2v) is 10.9. The maximum atomic E-state index is 11.8. The van der Waals surface area contributed by atoms with Gasteiger partial charge in [-0.15, -0.1) is 0 Å². The molecular weight excluding hydrogens is 474 g/mol. The van der Waals surface area contributed by atoms with Crippen LogP contribution < -0.4 is 5.32 Å². The lowest BCUT2D eigenvalue weighted by Gasteiger charge is -2.24. The zero-order valence-corrected chi connectivity index (χ0v) is 22.8. The number of aryl methyl sites for hydroxylation is 4. The van der Waals surface area contributed by atoms with Crippen LogP contribution >= 0.6 is 0 Å². The number of nitrogens with zero attached hydrogens (tertiary/aromatic N) is 4. The van der Waals surface area contributed by atoms with E-state index >= 15 is 0 Å². The van der Waals surface area contributed by atoms with Gasteiger partial charge in [0.2, 0.25) is 0 Å². The van der Waals surface area contributed by atoms with Crippen molar-refractivity contribution in [2.45, 2.75) is 71.1 Å². The summed E-state index contributed by atoms with van der Waals surface area (Å²) in [5.74, 6) is 0.907. The molecule has 0 spiro atoms. The SMILES string of the molecule is CCc1cc(CC)n(-c2cccc(C(CC(=O)O)CN3CCC(CCc4ccc5c(n4)NCCC5)C3)c2)n1. The van der Waals surface area contributed by atoms with Crippen LogP contribution in [0, 0.1) is 5.92 Å². The van der Waals surface area contributed by atoms with Gasteiger partial charge in [-0.1, -0.05) is 32.0 Å². The molecule has 3 aromatic rings. The molecule has 7 nitrogen and oxygen atoms in total. The largest absolute Gasteiger partial charge is 0.481 e. The van der Waals surface area contributed by atoms with E-state index in [1.54, 1.807) is 0 Å². The minimum absolute atomic E-state index is 0.0501. The number of anilines is 1. The Kier molecular flexibility index (Phi) is 8.42. The normalized spacial score (nSPS) is 18.2. The van der Waals surface area contributed by atoms with Gasteiger partial charge in [0.1, 0.15) is 5.82 Å². The van der Waals surface area contributed by atoms with Crippen molar-refractivity contribution in [2.75, 3.05) is 31.5 Å². The van der Waals surface area contributed by atoms with Gasteiger partial charge in [0.15, 0.2) is 0 Å². The first-order valence-electron chi connectivity index (χ1n) is 14.4. The van der Waals surface area contributed by atoms with Gasteiger partial charge in [0.25, 0.3) is 0 Å². The van der Waals surface area contributed by atoms with Crippen molar-refractivity contribution in [3.8, 4) is 5.69 Å². The van der Waals surface area contributed by atoms with Crippen LogP contribution in [0.5, 0.6) is 0 Å². The number of hydrogen-bond donors (Lipinski definition) is 2. The summed E-state index contributed by atoms with van der Waals surface area (Å²) in [5.41, 5.74) is 6.87. The zero-order valence-electron chi connectivity index (χ0n) is 22.8. The molecule has 0 saturated carbocycles. The van der Waals surface area contributed by atoms with Crippen molar-refractivity contribution in [2.24, 2.45) is 5.92 Å². The Morgan fingerprint density at radius 2 is 2.05 bits per heavy atom. The molecule has 0 radical (unpaired) electrons. The maximum absolute atomic E-state index is 11.8. The highest BCUT2D eigenvalue weighted by Gasteiger charge is 2.27. The number of rotatable bonds is 11. The molecular formula is C31H41N5O2. The predicted molar refractivity (Wildman–Crippen MR) is 151 cm³/mol. The lowest BCUT2D eigenvalue weighted by molar-refractivity contribution is -0.137. The van der Waals surface area contributed by atoms with Gasteiger partial charge >= 0.3 is 5.97 Å². The Labute approximate surface area is 226 Å². The fourth-order valence-corrected chi connectivity index (χ4v) is 6.02. The van der Waals surface area contributed by atoms with E-state index in [0.717, 1.165) is 87.5 Å². The Morgan fingerprint density at radius 3 is 2.87 bits per heavy atom. The van der Waals surface area contributed by atoms with Crippen LogP contribution in [-0.4, -0.2) is 56.9 Å². The summed E-state index contributed by atoms with van der Waals surface area (Å²) in [6, 6.07) is 14.9. The highest BCUT2D eigenvalue weighted by molar-refractivity contribution is 5.68. The molecule has 2 aliphatic rings. The topological polar surface area (TPSA) is 83.3 Å². The third kappa shape index (κ3) is 6.26. The maximum Gasteiger partial charge on any atom is 0.304 e. The minimum atomic E-state index is -0.746. The summed E-state index contributed by atoms with van der Waals surface area (Å²) in [6.07, 6.45) is 7.53. The highest BCUT2D eigenvalue weighted by atomic mass is 16.4. The lowest BCUT2D eigenvalue weighted by atomic mass is 9.94. The first-order chi connectivity index (χ1) is 18.5. The van der Waals surface area contributed by atoms with Crippen LogP contribution in [0.25, 0.3) is 5.69 Å². The van der Waals surface area contributed by atoms with Crippen LogP contribution in [0.4, 0.5) is 5.82 Å². The average molecular weight is 516 g/mol. The first-order valence-corrected chi connectivity index (χ1v) is 14.4. The van der Waals surface area contributed by atoms with E-state index in [1.807, 2.05) is 10.7 Å². The van der Waals surface area contributed by atoms with Crippen LogP contribution in [0.15, 0.2) is 42.5 Å². The molecule has 2 unspecified atom stereocenters. The molecule has 2 N–H and O–H groups in total. The van der Waals surface area contributed by atoms with Crippen molar-refractivity contribution >= 4 is 11.8 Å². The number of hydrogen-bond acceptors (Lipinski definition) is 5. The van der Waals surface area contributed by atoms with Crippen LogP contribution in [0.1, 0.15) is 73.7 Å². The monoisotopic (exact) mass is 515 g/mol. The summed E-state index contributed by atoms with van der Waals surface area (Å²) in [7, 11) is 0. The molecule has 7 heteroatoms. The number of aliphatic carboxylic acids is 1. The van der Waals surface area contributed by atoms with Crippen molar-refractivity contribution in [3.63, 3.8) is 0 Å². The highest BCUT2D eigenvalue weighted by Crippen LogP contribution is 2.29. The van der Waals surface area contributed by atoms with E-state index in [0.29, 0.717) is 5.92 Å². The Bertz CT molecular complexity index is 1250. The van der Waals surface area contributed by atoms with Gasteiger partial charge in [-0.25, -0.2) is 9.67 Å². The van der Waals surface area contributed by atoms with Gasteiger partial charge in [-0.3, -0.25) is 4.79 Å². The smallest absolute Gasteiger partial charge is 0.304 e. The van der Waals surface area contributed by atoms with Crippen LogP contribution in [0.2, 0.25) is 0 Å². The van der Waals surface area contributed by atoms with E-state index in [2.05, 4.69) is 60.5 Å². The second-order valence-electron chi connectivity index (χ2n) is 10.9. The van der Waals surface area contributed by atoms with E-state index in [9.17, 15) is 9.90 Å². The molecule has 0 amide bonds. The van der Waals surface area contributed by atoms with Gasteiger partial charge < -0.3 is 15.3 Å². The zero-order chi connectivity index (χ0) is 26.5. The molecule has 1 saturated heterocycles. The van der Waals surface area contributed by atoms with Gasteiger partial charge in [0.05, 0.1) is 17.8 Å². The molecule has 2 atom stereocenters. The van der Waals surface area contributed by atoms with Crippen molar-refractivity contribution in [3.05, 3.63) is 70.7 Å². The molecule has 1 fully saturated rings. The Morgan fingerprint density at radius 1 is 1.16 bits per heavy atom. The molecule has 2 aliphatic heterocycles. The fourth-order valence-electron chi connectivity index (χ4n) is 6.02. The summed E-state index contributed by atoms with van der Waals surface area (Å²) >= 11 is 0. The summed E-state index contributed by atoms with van der Waals surface area (Å²) in [4.78, 5) is 19.2. The fraction of sp³-hybridized carbons (Fsp3) is 0.516. The lowest BCUT2D eigenvalue weighted by Crippen LogP contribution is -2.28. The average Bonchev–Trinajstić information content (AvgIpc) is 3.58. The van der Waals surface area contributed by atoms with Crippen LogP contribution in [-0.2, 0) is 30.5 Å². The second kappa shape index (κ2) is 12.1.